The van der Waals surface area contributed by atoms with Crippen molar-refractivity contribution in [3.8, 4) is 0 Å². The lowest BCUT2D eigenvalue weighted by Crippen LogP contribution is -2.22. The third-order valence-corrected chi connectivity index (χ3v) is 3.01. The van der Waals surface area contributed by atoms with Crippen LogP contribution in [0, 0.1) is 0 Å². The Bertz CT molecular complexity index is 601. The first-order valence-corrected chi connectivity index (χ1v) is 5.05. The predicted octanol–water partition coefficient (Wildman–Crippen LogP) is 0.599. The van der Waals surface area contributed by atoms with E-state index in [0.29, 0.717) is 11.0 Å². The fourth-order valence-electron chi connectivity index (χ4n) is 2.29. The smallest absolute Gasteiger partial charge is 0.194 e. The van der Waals surface area contributed by atoms with E-state index < -0.39 is 0 Å². The Labute approximate surface area is 86.3 Å². The van der Waals surface area contributed by atoms with Crippen LogP contribution in [0.3, 0.4) is 0 Å². The van der Waals surface area contributed by atoms with Gasteiger partial charge in [0.1, 0.15) is 0 Å². The summed E-state index contributed by atoms with van der Waals surface area (Å²) in [5.41, 5.74) is 2.51. The maximum atomic E-state index is 12.1. The standard InChI is InChI=1S/C11H11N3O/c12-14-9-5-1-3-7(9)10(15)8-4-2-6-13-11(8)14/h2,4,6H,1,3,5,12H2. The summed E-state index contributed by atoms with van der Waals surface area (Å²) in [6.07, 6.45) is 4.40. The predicted molar refractivity (Wildman–Crippen MR) is 58.2 cm³/mol. The van der Waals surface area contributed by atoms with E-state index in [9.17, 15) is 4.79 Å². The Balaban J connectivity index is 2.57. The van der Waals surface area contributed by atoms with E-state index >= 15 is 0 Å². The molecule has 4 nitrogen and oxygen atoms in total. The first-order chi connectivity index (χ1) is 7.29. The molecule has 0 saturated carbocycles. The molecule has 15 heavy (non-hydrogen) atoms. The van der Waals surface area contributed by atoms with Crippen molar-refractivity contribution in [3.05, 3.63) is 39.8 Å². The van der Waals surface area contributed by atoms with Gasteiger partial charge in [-0.3, -0.25) is 4.79 Å². The lowest BCUT2D eigenvalue weighted by atomic mass is 10.1. The summed E-state index contributed by atoms with van der Waals surface area (Å²) in [4.78, 5) is 16.2. The van der Waals surface area contributed by atoms with Gasteiger partial charge in [0.05, 0.1) is 5.39 Å². The van der Waals surface area contributed by atoms with Crippen molar-refractivity contribution >= 4 is 11.0 Å². The van der Waals surface area contributed by atoms with Gasteiger partial charge in [0, 0.05) is 17.5 Å². The van der Waals surface area contributed by atoms with Gasteiger partial charge in [0.15, 0.2) is 11.1 Å². The van der Waals surface area contributed by atoms with Gasteiger partial charge in [-0.25, -0.2) is 9.66 Å². The number of nitrogens with zero attached hydrogens (tertiary/aromatic N) is 2. The maximum absolute atomic E-state index is 12.1. The highest BCUT2D eigenvalue weighted by molar-refractivity contribution is 5.76. The molecule has 0 radical (unpaired) electrons. The molecule has 0 fully saturated rings. The van der Waals surface area contributed by atoms with Gasteiger partial charge >= 0.3 is 0 Å². The maximum Gasteiger partial charge on any atom is 0.194 e. The van der Waals surface area contributed by atoms with Crippen molar-refractivity contribution in [2.45, 2.75) is 19.3 Å². The molecule has 0 aromatic carbocycles. The highest BCUT2D eigenvalue weighted by atomic mass is 16.1. The molecular weight excluding hydrogens is 190 g/mol. The molecule has 2 aromatic heterocycles. The molecule has 0 unspecified atom stereocenters. The Morgan fingerprint density at radius 1 is 1.40 bits per heavy atom. The molecule has 0 bridgehead atoms. The zero-order valence-corrected chi connectivity index (χ0v) is 8.23. The molecule has 0 amide bonds. The van der Waals surface area contributed by atoms with Gasteiger partial charge in [-0.15, -0.1) is 0 Å². The third kappa shape index (κ3) is 1.02. The van der Waals surface area contributed by atoms with Crippen LogP contribution >= 0.6 is 0 Å². The van der Waals surface area contributed by atoms with Crippen molar-refractivity contribution in [3.63, 3.8) is 0 Å². The fraction of sp³-hybridized carbons (Fsp3) is 0.273. The minimum atomic E-state index is 0.104. The van der Waals surface area contributed by atoms with Crippen molar-refractivity contribution < 1.29 is 0 Å². The summed E-state index contributed by atoms with van der Waals surface area (Å²) in [7, 11) is 0. The average molecular weight is 201 g/mol. The summed E-state index contributed by atoms with van der Waals surface area (Å²) in [6, 6.07) is 3.55. The molecule has 2 heterocycles. The van der Waals surface area contributed by atoms with E-state index in [1.54, 1.807) is 23.0 Å². The van der Waals surface area contributed by atoms with Gasteiger partial charge in [0.2, 0.25) is 0 Å². The van der Waals surface area contributed by atoms with E-state index in [0.717, 1.165) is 30.5 Å². The first kappa shape index (κ1) is 8.47. The topological polar surface area (TPSA) is 60.9 Å². The van der Waals surface area contributed by atoms with Crippen LogP contribution in [0.15, 0.2) is 23.1 Å². The van der Waals surface area contributed by atoms with E-state index in [2.05, 4.69) is 4.98 Å². The minimum absolute atomic E-state index is 0.104. The highest BCUT2D eigenvalue weighted by Gasteiger charge is 2.20. The number of fused-ring (bicyclic) bond motifs is 2. The van der Waals surface area contributed by atoms with E-state index in [1.165, 1.54) is 0 Å². The number of hydrogen-bond donors (Lipinski definition) is 1. The zero-order chi connectivity index (χ0) is 10.4. The average Bonchev–Trinajstić information content (AvgIpc) is 2.75. The van der Waals surface area contributed by atoms with E-state index in [4.69, 9.17) is 5.84 Å². The van der Waals surface area contributed by atoms with Crippen LogP contribution in [-0.2, 0) is 12.8 Å². The lowest BCUT2D eigenvalue weighted by molar-refractivity contribution is 0.857. The monoisotopic (exact) mass is 201 g/mol. The molecule has 3 rings (SSSR count). The van der Waals surface area contributed by atoms with Crippen molar-refractivity contribution in [2.24, 2.45) is 0 Å². The second-order valence-corrected chi connectivity index (χ2v) is 3.85. The third-order valence-electron chi connectivity index (χ3n) is 3.01. The number of pyridine rings is 2. The number of rotatable bonds is 0. The van der Waals surface area contributed by atoms with Crippen LogP contribution < -0.4 is 11.3 Å². The van der Waals surface area contributed by atoms with Crippen LogP contribution in [0.1, 0.15) is 17.7 Å². The molecule has 4 heteroatoms. The molecule has 0 saturated heterocycles. The molecular formula is C11H11N3O. The van der Waals surface area contributed by atoms with Crippen LogP contribution in [0.2, 0.25) is 0 Å². The Hall–Kier alpha value is -1.84. The van der Waals surface area contributed by atoms with Crippen LogP contribution in [0.5, 0.6) is 0 Å². The van der Waals surface area contributed by atoms with Crippen LogP contribution in [0.4, 0.5) is 0 Å². The highest BCUT2D eigenvalue weighted by Crippen LogP contribution is 2.20. The lowest BCUT2D eigenvalue weighted by Gasteiger charge is -2.09. The minimum Gasteiger partial charge on any atom is -0.337 e. The van der Waals surface area contributed by atoms with Gasteiger partial charge in [-0.05, 0) is 31.4 Å². The fourth-order valence-corrected chi connectivity index (χ4v) is 2.29. The second-order valence-electron chi connectivity index (χ2n) is 3.85. The Morgan fingerprint density at radius 3 is 3.13 bits per heavy atom. The molecule has 76 valence electrons. The molecule has 2 N–H and O–H groups in total. The van der Waals surface area contributed by atoms with Crippen molar-refractivity contribution in [2.75, 3.05) is 5.84 Å². The SMILES string of the molecule is Nn1c2c(c(=O)c3cccnc31)CCC2. The van der Waals surface area contributed by atoms with E-state index in [-0.39, 0.29) is 5.43 Å². The number of aromatic nitrogens is 2. The molecule has 1 aliphatic rings. The number of nitrogens with two attached hydrogens (primary N) is 1. The second kappa shape index (κ2) is 2.82. The van der Waals surface area contributed by atoms with E-state index in [1.807, 2.05) is 0 Å². The number of hydrogen-bond acceptors (Lipinski definition) is 3. The zero-order valence-electron chi connectivity index (χ0n) is 8.23. The van der Waals surface area contributed by atoms with Crippen LogP contribution in [0.25, 0.3) is 11.0 Å². The normalized spacial score (nSPS) is 14.4. The van der Waals surface area contributed by atoms with Gasteiger partial charge in [0.25, 0.3) is 0 Å². The van der Waals surface area contributed by atoms with Gasteiger partial charge in [-0.2, -0.15) is 0 Å². The first-order valence-electron chi connectivity index (χ1n) is 5.05. The molecule has 0 aliphatic heterocycles. The summed E-state index contributed by atoms with van der Waals surface area (Å²) in [5, 5.41) is 0.626. The van der Waals surface area contributed by atoms with Crippen LogP contribution in [-0.4, -0.2) is 9.66 Å². The number of nitrogen functional groups attached to an aromatic ring is 1. The Morgan fingerprint density at radius 2 is 2.27 bits per heavy atom. The van der Waals surface area contributed by atoms with Crippen molar-refractivity contribution in [1.82, 2.24) is 9.66 Å². The van der Waals surface area contributed by atoms with Crippen molar-refractivity contribution in [1.29, 1.82) is 0 Å². The molecule has 0 spiro atoms. The summed E-state index contributed by atoms with van der Waals surface area (Å²) in [6.45, 7) is 0. The Kier molecular flexibility index (Phi) is 1.59. The largest absolute Gasteiger partial charge is 0.337 e. The molecule has 2 aromatic rings. The summed E-state index contributed by atoms with van der Waals surface area (Å²) in [5.74, 6) is 5.95. The molecule has 1 aliphatic carbocycles. The van der Waals surface area contributed by atoms with Gasteiger partial charge in [-0.1, -0.05) is 0 Å². The summed E-state index contributed by atoms with van der Waals surface area (Å²) >= 11 is 0. The molecule has 0 atom stereocenters. The summed E-state index contributed by atoms with van der Waals surface area (Å²) < 4.78 is 1.57. The van der Waals surface area contributed by atoms with Gasteiger partial charge < -0.3 is 5.84 Å². The quantitative estimate of drug-likeness (QED) is 0.635.